The number of nitrogens with one attached hydrogen (secondary N) is 2. The summed E-state index contributed by atoms with van der Waals surface area (Å²) in [5.74, 6) is -3.18. The van der Waals surface area contributed by atoms with Crippen LogP contribution in [0.4, 0.5) is 0 Å². The number of amides is 4. The molecule has 0 aromatic heterocycles. The zero-order chi connectivity index (χ0) is 41.3. The summed E-state index contributed by atoms with van der Waals surface area (Å²) in [6, 6.07) is 3.60. The number of likely N-dealkylation sites (tertiary alicyclic amines) is 1. The Kier molecular flexibility index (Phi) is 21.4. The third-order valence-electron chi connectivity index (χ3n) is 10.2. The summed E-state index contributed by atoms with van der Waals surface area (Å²) in [6.45, 7) is 14.1. The average Bonchev–Trinajstić information content (AvgIpc) is 3.60. The molecule has 14 heteroatoms. The first-order valence-electron chi connectivity index (χ1n) is 19.3. The van der Waals surface area contributed by atoms with Crippen molar-refractivity contribution < 1.29 is 43.7 Å². The Morgan fingerprint density at radius 1 is 0.944 bits per heavy atom. The van der Waals surface area contributed by atoms with Gasteiger partial charge in [-0.3, -0.25) is 24.1 Å². The lowest BCUT2D eigenvalue weighted by atomic mass is 9.90. The number of rotatable bonds is 20. The number of ether oxygens (including phenoxy) is 2. The molecule has 14 nitrogen and oxygen atoms in total. The molecule has 1 aliphatic rings. The van der Waals surface area contributed by atoms with Crippen LogP contribution in [0.25, 0.3) is 0 Å². The SMILES string of the molecule is CCC.CCC(C)C(C(CC(=O)N1CCCC1C(OC)C(C)C(=O)NC(Cc1ccc(O)cc1)C(=O)O)OC)N(C)C(=O)CNC(=O)C(C(C)C)N(C)C. The molecule has 2 rings (SSSR count). The van der Waals surface area contributed by atoms with Crippen LogP contribution in [0, 0.1) is 17.8 Å². The number of carboxylic acids is 1. The lowest BCUT2D eigenvalue weighted by Gasteiger charge is -2.39. The molecule has 1 heterocycles. The molecule has 1 fully saturated rings. The van der Waals surface area contributed by atoms with Crippen LogP contribution in [-0.4, -0.2) is 139 Å². The zero-order valence-electron chi connectivity index (χ0n) is 34.8. The van der Waals surface area contributed by atoms with Crippen molar-refractivity contribution in [2.75, 3.05) is 48.5 Å². The molecule has 8 unspecified atom stereocenters. The van der Waals surface area contributed by atoms with E-state index < -0.39 is 48.1 Å². The number of carboxylic acid groups (broad SMARTS) is 1. The van der Waals surface area contributed by atoms with E-state index in [1.807, 2.05) is 46.7 Å². The van der Waals surface area contributed by atoms with Gasteiger partial charge in [0.25, 0.3) is 0 Å². The van der Waals surface area contributed by atoms with Crippen molar-refractivity contribution in [3.05, 3.63) is 29.8 Å². The van der Waals surface area contributed by atoms with Gasteiger partial charge in [-0.15, -0.1) is 0 Å². The highest BCUT2D eigenvalue weighted by molar-refractivity contribution is 5.88. The Morgan fingerprint density at radius 2 is 1.54 bits per heavy atom. The van der Waals surface area contributed by atoms with E-state index in [9.17, 15) is 34.2 Å². The van der Waals surface area contributed by atoms with Gasteiger partial charge in [-0.05, 0) is 56.5 Å². The molecule has 308 valence electrons. The van der Waals surface area contributed by atoms with Gasteiger partial charge in [0.1, 0.15) is 11.8 Å². The molecule has 0 saturated carbocycles. The third kappa shape index (κ3) is 14.2. The second-order valence-electron chi connectivity index (χ2n) is 15.0. The molecule has 1 aliphatic heterocycles. The number of benzene rings is 1. The van der Waals surface area contributed by atoms with E-state index in [-0.39, 0.29) is 60.7 Å². The Labute approximate surface area is 323 Å². The number of hydrogen-bond acceptors (Lipinski definition) is 9. The van der Waals surface area contributed by atoms with Crippen molar-refractivity contribution in [1.82, 2.24) is 25.3 Å². The van der Waals surface area contributed by atoms with Gasteiger partial charge >= 0.3 is 5.97 Å². The Hall–Kier alpha value is -3.75. The van der Waals surface area contributed by atoms with Crippen molar-refractivity contribution in [1.29, 1.82) is 0 Å². The van der Waals surface area contributed by atoms with E-state index in [2.05, 4.69) is 24.5 Å². The monoisotopic (exact) mass is 764 g/mol. The maximum atomic E-state index is 14.0. The quantitative estimate of drug-likeness (QED) is 0.154. The van der Waals surface area contributed by atoms with E-state index in [1.165, 1.54) is 32.8 Å². The zero-order valence-corrected chi connectivity index (χ0v) is 34.8. The second-order valence-corrected chi connectivity index (χ2v) is 15.0. The van der Waals surface area contributed by atoms with Crippen LogP contribution in [0.15, 0.2) is 24.3 Å². The summed E-state index contributed by atoms with van der Waals surface area (Å²) in [6.07, 6.45) is 1.88. The van der Waals surface area contributed by atoms with E-state index in [0.29, 0.717) is 31.4 Å². The van der Waals surface area contributed by atoms with Crippen LogP contribution in [0.1, 0.15) is 86.1 Å². The van der Waals surface area contributed by atoms with Gasteiger partial charge in [0.2, 0.25) is 23.6 Å². The summed E-state index contributed by atoms with van der Waals surface area (Å²) < 4.78 is 11.7. The first-order valence-corrected chi connectivity index (χ1v) is 19.3. The first-order chi connectivity index (χ1) is 25.4. The molecule has 0 radical (unpaired) electrons. The van der Waals surface area contributed by atoms with Gasteiger partial charge in [-0.2, -0.15) is 0 Å². The van der Waals surface area contributed by atoms with Crippen LogP contribution in [0.3, 0.4) is 0 Å². The highest BCUT2D eigenvalue weighted by Gasteiger charge is 2.42. The predicted octanol–water partition coefficient (Wildman–Crippen LogP) is 3.54. The molecule has 8 atom stereocenters. The lowest BCUT2D eigenvalue weighted by Crippen LogP contribution is -2.55. The summed E-state index contributed by atoms with van der Waals surface area (Å²) in [5.41, 5.74) is 0.633. The number of hydrogen-bond donors (Lipinski definition) is 4. The minimum absolute atomic E-state index is 0.0211. The van der Waals surface area contributed by atoms with Gasteiger partial charge in [-0.25, -0.2) is 4.79 Å². The molecule has 0 bridgehead atoms. The van der Waals surface area contributed by atoms with Gasteiger partial charge in [-0.1, -0.05) is 73.4 Å². The number of carbonyl (C=O) groups is 5. The van der Waals surface area contributed by atoms with Crippen LogP contribution in [-0.2, 0) is 39.9 Å². The number of phenolic OH excluding ortho intramolecular Hbond substituents is 1. The minimum atomic E-state index is -1.21. The van der Waals surface area contributed by atoms with Crippen LogP contribution < -0.4 is 10.6 Å². The molecule has 4 N–H and O–H groups in total. The molecule has 1 aromatic carbocycles. The van der Waals surface area contributed by atoms with Gasteiger partial charge < -0.3 is 40.1 Å². The van der Waals surface area contributed by atoms with Crippen LogP contribution >= 0.6 is 0 Å². The van der Waals surface area contributed by atoms with Crippen molar-refractivity contribution in [2.24, 2.45) is 17.8 Å². The van der Waals surface area contributed by atoms with Gasteiger partial charge in [0.15, 0.2) is 0 Å². The fourth-order valence-corrected chi connectivity index (χ4v) is 7.22. The highest BCUT2D eigenvalue weighted by Crippen LogP contribution is 2.29. The number of likely N-dealkylation sites (N-methyl/N-ethyl adjacent to an activating group) is 2. The fraction of sp³-hybridized carbons (Fsp3) is 0.725. The van der Waals surface area contributed by atoms with E-state index in [4.69, 9.17) is 9.47 Å². The molecular weight excluding hydrogens is 694 g/mol. The smallest absolute Gasteiger partial charge is 0.326 e. The Balaban J connectivity index is 0.00000469. The van der Waals surface area contributed by atoms with Crippen molar-refractivity contribution in [3.8, 4) is 5.75 Å². The summed E-state index contributed by atoms with van der Waals surface area (Å²) in [5, 5.41) is 24.8. The average molecular weight is 764 g/mol. The van der Waals surface area contributed by atoms with E-state index in [1.54, 1.807) is 35.9 Å². The number of carbonyl (C=O) groups excluding carboxylic acids is 4. The van der Waals surface area contributed by atoms with Crippen LogP contribution in [0.5, 0.6) is 5.75 Å². The molecule has 1 aromatic rings. The maximum absolute atomic E-state index is 14.0. The number of aliphatic carboxylic acids is 1. The number of methoxy groups -OCH3 is 2. The summed E-state index contributed by atoms with van der Waals surface area (Å²) in [4.78, 5) is 70.9. The highest BCUT2D eigenvalue weighted by atomic mass is 16.5. The molecule has 0 spiro atoms. The fourth-order valence-electron chi connectivity index (χ4n) is 7.22. The normalized spacial score (nSPS) is 18.0. The second kappa shape index (κ2) is 23.9. The third-order valence-corrected chi connectivity index (χ3v) is 10.2. The molecule has 0 aliphatic carbocycles. The molecule has 54 heavy (non-hydrogen) atoms. The standard InChI is InChI=1S/C37H61N5O9.C3H8/c1-11-23(4)33(41(8)31(45)21-38-36(47)32(22(2)3)40(6)7)29(50-9)20-30(44)42-18-12-13-28(42)34(51-10)24(5)35(46)39-27(37(48)49)19-25-14-16-26(43)17-15-25;1-3-2/h14-17,22-24,27-29,32-34,43H,11-13,18-21H2,1-10H3,(H,38,47)(H,39,46)(H,48,49);3H2,1-2H3. The van der Waals surface area contributed by atoms with E-state index >= 15 is 0 Å². The summed E-state index contributed by atoms with van der Waals surface area (Å²) >= 11 is 0. The number of nitrogens with zero attached hydrogens (tertiary/aromatic N) is 3. The summed E-state index contributed by atoms with van der Waals surface area (Å²) in [7, 11) is 8.30. The Morgan fingerprint density at radius 3 is 2.02 bits per heavy atom. The first kappa shape index (κ1) is 48.3. The lowest BCUT2D eigenvalue weighted by molar-refractivity contribution is -0.147. The molecule has 4 amide bonds. The van der Waals surface area contributed by atoms with Gasteiger partial charge in [0.05, 0.1) is 49.2 Å². The topological polar surface area (TPSA) is 178 Å². The number of aromatic hydroxyl groups is 1. The van der Waals surface area contributed by atoms with Crippen molar-refractivity contribution >= 4 is 29.6 Å². The van der Waals surface area contributed by atoms with Crippen molar-refractivity contribution in [3.63, 3.8) is 0 Å². The molecule has 1 saturated heterocycles. The number of phenols is 1. The largest absolute Gasteiger partial charge is 0.508 e. The van der Waals surface area contributed by atoms with Gasteiger partial charge in [0, 0.05) is 34.2 Å². The molecular formula is C40H69N5O9. The predicted molar refractivity (Wildman–Crippen MR) is 209 cm³/mol. The Bertz CT molecular complexity index is 1320. The minimum Gasteiger partial charge on any atom is -0.508 e. The maximum Gasteiger partial charge on any atom is 0.326 e. The van der Waals surface area contributed by atoms with E-state index in [0.717, 1.165) is 0 Å². The van der Waals surface area contributed by atoms with Crippen LogP contribution in [0.2, 0.25) is 0 Å². The van der Waals surface area contributed by atoms with Crippen molar-refractivity contribution in [2.45, 2.75) is 123 Å².